The minimum atomic E-state index is -4.66. The molecule has 13 heteroatoms. The van der Waals surface area contributed by atoms with Gasteiger partial charge < -0.3 is 4.90 Å². The van der Waals surface area contributed by atoms with Gasteiger partial charge in [0.05, 0.1) is 17.4 Å². The van der Waals surface area contributed by atoms with Gasteiger partial charge in [-0.1, -0.05) is 23.4 Å². The lowest BCUT2D eigenvalue weighted by atomic mass is 10.1. The van der Waals surface area contributed by atoms with Gasteiger partial charge in [0.15, 0.2) is 0 Å². The van der Waals surface area contributed by atoms with Gasteiger partial charge in [0.2, 0.25) is 0 Å². The molecule has 1 fully saturated rings. The summed E-state index contributed by atoms with van der Waals surface area (Å²) >= 11 is 6.10. The van der Waals surface area contributed by atoms with E-state index in [-0.39, 0.29) is 35.7 Å². The topological polar surface area (TPSA) is 59.2 Å². The molecule has 0 amide bonds. The second-order valence-corrected chi connectivity index (χ2v) is 8.50. The maximum Gasteiger partial charge on any atom is 0.406 e. The maximum absolute atomic E-state index is 13.6. The van der Waals surface area contributed by atoms with Gasteiger partial charge in [-0.3, -0.25) is 9.38 Å². The number of hydrogen-bond acceptors (Lipinski definition) is 5. The molecule has 1 aromatic carbocycles. The first kappa shape index (κ1) is 23.2. The summed E-state index contributed by atoms with van der Waals surface area (Å²) in [6.45, 7) is -1.45. The molecule has 0 spiro atoms. The van der Waals surface area contributed by atoms with Crippen molar-refractivity contribution in [2.24, 2.45) is 5.41 Å². The summed E-state index contributed by atoms with van der Waals surface area (Å²) in [6, 6.07) is 5.80. The van der Waals surface area contributed by atoms with Gasteiger partial charge in [0.25, 0.3) is 5.78 Å². The highest BCUT2D eigenvalue weighted by Gasteiger charge is 2.62. The van der Waals surface area contributed by atoms with Crippen LogP contribution in [0.5, 0.6) is 0 Å². The lowest BCUT2D eigenvalue weighted by Gasteiger charge is -2.26. The second kappa shape index (κ2) is 7.98. The van der Waals surface area contributed by atoms with E-state index in [1.165, 1.54) is 41.2 Å². The van der Waals surface area contributed by atoms with E-state index in [9.17, 15) is 26.3 Å². The van der Waals surface area contributed by atoms with Crippen molar-refractivity contribution in [2.45, 2.75) is 25.2 Å². The molecule has 0 saturated heterocycles. The number of pyridine rings is 1. The van der Waals surface area contributed by atoms with Crippen LogP contribution in [0.1, 0.15) is 18.4 Å². The Kier molecular flexibility index (Phi) is 5.28. The van der Waals surface area contributed by atoms with Crippen LogP contribution < -0.4 is 4.90 Å². The van der Waals surface area contributed by atoms with Gasteiger partial charge in [0.1, 0.15) is 24.1 Å². The molecule has 0 radical (unpaired) electrons. The zero-order valence-electron chi connectivity index (χ0n) is 17.5. The third kappa shape index (κ3) is 4.43. The molecule has 0 aliphatic heterocycles. The van der Waals surface area contributed by atoms with Crippen molar-refractivity contribution in [1.82, 2.24) is 24.6 Å². The van der Waals surface area contributed by atoms with Crippen LogP contribution in [0, 0.1) is 17.3 Å². The molecule has 6 nitrogen and oxygen atoms in total. The van der Waals surface area contributed by atoms with Gasteiger partial charge in [-0.05, 0) is 37.1 Å². The third-order valence-electron chi connectivity index (χ3n) is 5.56. The number of halogens is 7. The van der Waals surface area contributed by atoms with E-state index in [1.54, 1.807) is 0 Å². The highest BCUT2D eigenvalue weighted by atomic mass is 35.5. The van der Waals surface area contributed by atoms with E-state index >= 15 is 0 Å². The molecule has 35 heavy (non-hydrogen) atoms. The van der Waals surface area contributed by atoms with E-state index in [0.29, 0.717) is 15.9 Å². The van der Waals surface area contributed by atoms with Crippen molar-refractivity contribution in [2.75, 3.05) is 11.4 Å². The maximum atomic E-state index is 13.6. The Morgan fingerprint density at radius 1 is 1.09 bits per heavy atom. The Morgan fingerprint density at radius 3 is 2.54 bits per heavy atom. The van der Waals surface area contributed by atoms with E-state index in [2.05, 4.69) is 32.0 Å². The highest BCUT2D eigenvalue weighted by Crippen LogP contribution is 2.57. The van der Waals surface area contributed by atoms with Crippen molar-refractivity contribution >= 4 is 39.8 Å². The summed E-state index contributed by atoms with van der Waals surface area (Å²) in [6.07, 6.45) is -5.67. The van der Waals surface area contributed by atoms with Crippen LogP contribution in [0.2, 0.25) is 5.02 Å². The van der Waals surface area contributed by atoms with Crippen molar-refractivity contribution in [3.8, 4) is 11.8 Å². The predicted molar refractivity (Wildman–Crippen MR) is 115 cm³/mol. The normalized spacial score (nSPS) is 15.2. The fourth-order valence-electron chi connectivity index (χ4n) is 3.64. The zero-order chi connectivity index (χ0) is 25.0. The molecule has 0 atom stereocenters. The molecular weight excluding hydrogens is 498 g/mol. The highest BCUT2D eigenvalue weighted by molar-refractivity contribution is 6.31. The standard InChI is InChI=1S/C22H13ClF6N6/c23-14-1-2-16-17(8-14)35-12-31-33-19(35)32-18(16)34(11-21(24,25)26)15-7-13(9-30-10-15)3-4-20(5-6-20)22(27,28)29/h1-2,7-10,12H,5-6,11H2. The Morgan fingerprint density at radius 2 is 1.86 bits per heavy atom. The summed E-state index contributed by atoms with van der Waals surface area (Å²) in [5.74, 6) is 4.59. The number of nitrogens with zero attached hydrogens (tertiary/aromatic N) is 6. The summed E-state index contributed by atoms with van der Waals surface area (Å²) in [5.41, 5.74) is -1.68. The molecule has 1 aliphatic carbocycles. The van der Waals surface area contributed by atoms with Crippen LogP contribution in [0.25, 0.3) is 16.7 Å². The lowest BCUT2D eigenvalue weighted by Crippen LogP contribution is -2.31. The molecule has 0 unspecified atom stereocenters. The minimum absolute atomic E-state index is 0.0340. The summed E-state index contributed by atoms with van der Waals surface area (Å²) < 4.78 is 82.0. The first-order valence-electron chi connectivity index (χ1n) is 10.1. The van der Waals surface area contributed by atoms with Gasteiger partial charge in [-0.15, -0.1) is 10.2 Å². The number of alkyl halides is 6. The van der Waals surface area contributed by atoms with Crippen LogP contribution in [0.4, 0.5) is 37.8 Å². The van der Waals surface area contributed by atoms with E-state index in [4.69, 9.17) is 11.6 Å². The monoisotopic (exact) mass is 510 g/mol. The van der Waals surface area contributed by atoms with E-state index in [0.717, 1.165) is 11.1 Å². The van der Waals surface area contributed by atoms with Crippen molar-refractivity contribution < 1.29 is 26.3 Å². The van der Waals surface area contributed by atoms with Crippen LogP contribution in [-0.2, 0) is 0 Å². The van der Waals surface area contributed by atoms with E-state index in [1.807, 2.05) is 0 Å². The minimum Gasteiger partial charge on any atom is -0.315 e. The Hall–Kier alpha value is -3.59. The largest absolute Gasteiger partial charge is 0.406 e. The van der Waals surface area contributed by atoms with Crippen molar-refractivity contribution in [3.05, 3.63) is 53.6 Å². The third-order valence-corrected chi connectivity index (χ3v) is 5.80. The Balaban J connectivity index is 1.65. The first-order chi connectivity index (χ1) is 16.5. The van der Waals surface area contributed by atoms with Gasteiger partial charge >= 0.3 is 12.4 Å². The van der Waals surface area contributed by atoms with Crippen LogP contribution in [0.3, 0.4) is 0 Å². The van der Waals surface area contributed by atoms with E-state index < -0.39 is 24.3 Å². The fourth-order valence-corrected chi connectivity index (χ4v) is 3.80. The molecule has 0 N–H and O–H groups in total. The van der Waals surface area contributed by atoms with Gasteiger partial charge in [-0.2, -0.15) is 31.3 Å². The summed E-state index contributed by atoms with van der Waals surface area (Å²) in [4.78, 5) is 9.05. The molecule has 180 valence electrons. The van der Waals surface area contributed by atoms with Crippen molar-refractivity contribution in [1.29, 1.82) is 0 Å². The molecule has 5 rings (SSSR count). The number of fused-ring (bicyclic) bond motifs is 3. The molecule has 4 aromatic rings. The lowest BCUT2D eigenvalue weighted by molar-refractivity contribution is -0.168. The SMILES string of the molecule is FC(F)(F)CN(c1cncc(C#CC2(C(F)(F)F)CC2)c1)c1nc2nncn2c2cc(Cl)ccc12. The van der Waals surface area contributed by atoms with Crippen LogP contribution >= 0.6 is 11.6 Å². The van der Waals surface area contributed by atoms with Crippen LogP contribution in [-0.4, -0.2) is 43.5 Å². The Bertz CT molecular complexity index is 1500. The predicted octanol–water partition coefficient (Wildman–Crippen LogP) is 5.72. The molecular formula is C22H13ClF6N6. The van der Waals surface area contributed by atoms with Gasteiger partial charge in [0, 0.05) is 22.2 Å². The summed E-state index contributed by atoms with van der Waals surface area (Å²) in [5, 5.41) is 8.26. The first-order valence-corrected chi connectivity index (χ1v) is 10.5. The average Bonchev–Trinajstić information content (AvgIpc) is 3.45. The van der Waals surface area contributed by atoms with Crippen molar-refractivity contribution in [3.63, 3.8) is 0 Å². The smallest absolute Gasteiger partial charge is 0.315 e. The molecule has 3 heterocycles. The molecule has 0 bridgehead atoms. The van der Waals surface area contributed by atoms with Crippen LogP contribution in [0.15, 0.2) is 43.0 Å². The second-order valence-electron chi connectivity index (χ2n) is 8.06. The summed E-state index contributed by atoms with van der Waals surface area (Å²) in [7, 11) is 0. The fraction of sp³-hybridized carbons (Fsp3) is 0.273. The zero-order valence-corrected chi connectivity index (χ0v) is 18.2. The van der Waals surface area contributed by atoms with Gasteiger partial charge in [-0.25, -0.2) is 0 Å². The number of hydrogen-bond donors (Lipinski definition) is 0. The number of benzene rings is 1. The Labute approximate surface area is 198 Å². The molecule has 1 saturated carbocycles. The quantitative estimate of drug-likeness (QED) is 0.261. The number of rotatable bonds is 3. The number of aromatic nitrogens is 5. The average molecular weight is 511 g/mol. The number of anilines is 2. The molecule has 1 aliphatic rings. The molecule has 3 aromatic heterocycles.